The van der Waals surface area contributed by atoms with Gasteiger partial charge >= 0.3 is 5.97 Å². The maximum atomic E-state index is 12.7. The van der Waals surface area contributed by atoms with Crippen LogP contribution < -0.4 is 4.80 Å². The van der Waals surface area contributed by atoms with E-state index in [1.807, 2.05) is 20.8 Å². The largest absolute Gasteiger partial charge is 0.465 e. The van der Waals surface area contributed by atoms with E-state index in [1.165, 1.54) is 22.8 Å². The zero-order valence-electron chi connectivity index (χ0n) is 17.0. The van der Waals surface area contributed by atoms with E-state index >= 15 is 0 Å². The first-order chi connectivity index (χ1) is 14.2. The summed E-state index contributed by atoms with van der Waals surface area (Å²) in [4.78, 5) is 39.8. The molecule has 0 aliphatic rings. The van der Waals surface area contributed by atoms with E-state index in [0.717, 1.165) is 17.0 Å². The van der Waals surface area contributed by atoms with Gasteiger partial charge in [0.15, 0.2) is 10.5 Å². The molecule has 0 saturated heterocycles. The molecule has 0 N–H and O–H groups in total. The van der Waals surface area contributed by atoms with Gasteiger partial charge in [0.25, 0.3) is 11.6 Å². The Balaban J connectivity index is 2.12. The number of nitrogens with zero attached hydrogens (tertiary/aromatic N) is 5. The van der Waals surface area contributed by atoms with E-state index in [-0.39, 0.29) is 35.4 Å². The Morgan fingerprint density at radius 3 is 2.67 bits per heavy atom. The summed E-state index contributed by atoms with van der Waals surface area (Å²) in [7, 11) is 0. The topological polar surface area (TPSA) is 122 Å². The summed E-state index contributed by atoms with van der Waals surface area (Å²) in [6.45, 7) is 7.50. The number of amides is 1. The van der Waals surface area contributed by atoms with Gasteiger partial charge in [0.05, 0.1) is 21.7 Å². The Morgan fingerprint density at radius 2 is 2.07 bits per heavy atom. The van der Waals surface area contributed by atoms with Gasteiger partial charge in [0.1, 0.15) is 6.54 Å². The smallest absolute Gasteiger partial charge is 0.326 e. The van der Waals surface area contributed by atoms with Gasteiger partial charge in [-0.15, -0.1) is 0 Å². The third kappa shape index (κ3) is 4.30. The number of ether oxygens (including phenoxy) is 1. The molecule has 1 amide bonds. The second kappa shape index (κ2) is 8.57. The fraction of sp³-hybridized carbons (Fsp3) is 0.368. The number of thiazole rings is 1. The summed E-state index contributed by atoms with van der Waals surface area (Å²) in [5.41, 5.74) is 1.48. The number of nitro groups is 1. The van der Waals surface area contributed by atoms with Crippen LogP contribution in [-0.2, 0) is 16.1 Å². The highest BCUT2D eigenvalue weighted by molar-refractivity contribution is 7.16. The summed E-state index contributed by atoms with van der Waals surface area (Å²) >= 11 is 1.08. The van der Waals surface area contributed by atoms with Crippen LogP contribution in [0, 0.1) is 17.0 Å². The Morgan fingerprint density at radius 1 is 1.33 bits per heavy atom. The van der Waals surface area contributed by atoms with E-state index in [2.05, 4.69) is 10.1 Å². The zero-order chi connectivity index (χ0) is 22.0. The van der Waals surface area contributed by atoms with Crippen molar-refractivity contribution in [2.75, 3.05) is 6.61 Å². The summed E-state index contributed by atoms with van der Waals surface area (Å²) in [6, 6.07) is 6.01. The highest BCUT2D eigenvalue weighted by Gasteiger charge is 2.17. The fourth-order valence-corrected chi connectivity index (χ4v) is 4.07. The SMILES string of the molecule is CCOC(=O)Cn1c(=NC(=O)c2cc(C)n(C(C)C)n2)sc2cc([N+](=O)[O-])ccc21. The second-order valence-electron chi connectivity index (χ2n) is 6.81. The number of hydrogen-bond acceptors (Lipinski definition) is 7. The summed E-state index contributed by atoms with van der Waals surface area (Å²) in [6.07, 6.45) is 0. The first kappa shape index (κ1) is 21.4. The number of fused-ring (bicyclic) bond motifs is 1. The first-order valence-corrected chi connectivity index (χ1v) is 10.1. The van der Waals surface area contributed by atoms with Crippen molar-refractivity contribution in [3.05, 3.63) is 50.6 Å². The molecule has 0 aliphatic carbocycles. The van der Waals surface area contributed by atoms with Crippen molar-refractivity contribution in [2.45, 2.75) is 40.3 Å². The number of esters is 1. The van der Waals surface area contributed by atoms with Gasteiger partial charge in [-0.25, -0.2) is 0 Å². The number of aromatic nitrogens is 3. The standard InChI is InChI=1S/C19H21N5O5S/c1-5-29-17(25)10-22-15-7-6-13(24(27)28)9-16(15)30-19(22)20-18(26)14-8-12(4)23(21-14)11(2)3/h6-9,11H,5,10H2,1-4H3. The van der Waals surface area contributed by atoms with E-state index in [1.54, 1.807) is 17.7 Å². The van der Waals surface area contributed by atoms with E-state index in [4.69, 9.17) is 4.74 Å². The van der Waals surface area contributed by atoms with Gasteiger partial charge in [-0.05, 0) is 39.8 Å². The van der Waals surface area contributed by atoms with Crippen molar-refractivity contribution < 1.29 is 19.2 Å². The lowest BCUT2D eigenvalue weighted by Crippen LogP contribution is -2.23. The quantitative estimate of drug-likeness (QED) is 0.336. The monoisotopic (exact) mass is 431 g/mol. The van der Waals surface area contributed by atoms with Gasteiger partial charge in [-0.1, -0.05) is 11.3 Å². The number of hydrogen-bond donors (Lipinski definition) is 0. The number of benzene rings is 1. The van der Waals surface area contributed by atoms with Crippen molar-refractivity contribution in [3.8, 4) is 0 Å². The zero-order valence-corrected chi connectivity index (χ0v) is 17.8. The molecule has 11 heteroatoms. The molecule has 0 bridgehead atoms. The Hall–Kier alpha value is -3.34. The predicted octanol–water partition coefficient (Wildman–Crippen LogP) is 3.00. The molecule has 3 aromatic rings. The van der Waals surface area contributed by atoms with Crippen LogP contribution in [0.2, 0.25) is 0 Å². The Bertz CT molecular complexity index is 1200. The normalized spacial score (nSPS) is 12.0. The molecular weight excluding hydrogens is 410 g/mol. The molecule has 0 saturated carbocycles. The number of carbonyl (C=O) groups is 2. The molecule has 0 fully saturated rings. The lowest BCUT2D eigenvalue weighted by Gasteiger charge is -2.06. The minimum absolute atomic E-state index is 0.0868. The molecule has 2 aromatic heterocycles. The van der Waals surface area contributed by atoms with E-state index < -0.39 is 16.8 Å². The van der Waals surface area contributed by atoms with E-state index in [0.29, 0.717) is 10.2 Å². The van der Waals surface area contributed by atoms with Gasteiger partial charge in [-0.3, -0.25) is 24.4 Å². The summed E-state index contributed by atoms with van der Waals surface area (Å²) < 4.78 is 8.79. The Kier molecular flexibility index (Phi) is 6.11. The Labute approximate surface area is 175 Å². The number of aryl methyl sites for hydroxylation is 1. The van der Waals surface area contributed by atoms with Crippen LogP contribution in [0.15, 0.2) is 29.3 Å². The maximum Gasteiger partial charge on any atom is 0.326 e. The van der Waals surface area contributed by atoms with Crippen LogP contribution in [0.3, 0.4) is 0 Å². The average molecular weight is 431 g/mol. The molecule has 3 rings (SSSR count). The average Bonchev–Trinajstić information content (AvgIpc) is 3.22. The molecule has 0 radical (unpaired) electrons. The maximum absolute atomic E-state index is 12.7. The van der Waals surface area contributed by atoms with Crippen molar-refractivity contribution in [1.82, 2.24) is 14.3 Å². The number of rotatable bonds is 6. The first-order valence-electron chi connectivity index (χ1n) is 9.29. The minimum atomic E-state index is -0.559. The molecule has 0 spiro atoms. The third-order valence-corrected chi connectivity index (χ3v) is 5.34. The van der Waals surface area contributed by atoms with Gasteiger partial charge in [0, 0.05) is 23.9 Å². The molecular formula is C19H21N5O5S. The van der Waals surface area contributed by atoms with Gasteiger partial charge in [-0.2, -0.15) is 10.1 Å². The molecule has 2 heterocycles. The highest BCUT2D eigenvalue weighted by Crippen LogP contribution is 2.23. The molecule has 158 valence electrons. The van der Waals surface area contributed by atoms with Crippen LogP contribution in [0.4, 0.5) is 5.69 Å². The molecule has 30 heavy (non-hydrogen) atoms. The van der Waals surface area contributed by atoms with Crippen LogP contribution >= 0.6 is 11.3 Å². The predicted molar refractivity (Wildman–Crippen MR) is 110 cm³/mol. The summed E-state index contributed by atoms with van der Waals surface area (Å²) in [5.74, 6) is -1.06. The number of carbonyl (C=O) groups excluding carboxylic acids is 2. The highest BCUT2D eigenvalue weighted by atomic mass is 32.1. The fourth-order valence-electron chi connectivity index (χ4n) is 3.01. The van der Waals surface area contributed by atoms with Crippen molar-refractivity contribution in [2.24, 2.45) is 4.99 Å². The third-order valence-electron chi connectivity index (χ3n) is 4.30. The van der Waals surface area contributed by atoms with Crippen LogP contribution in [0.25, 0.3) is 10.2 Å². The molecule has 0 atom stereocenters. The lowest BCUT2D eigenvalue weighted by molar-refractivity contribution is -0.384. The van der Waals surface area contributed by atoms with Crippen LogP contribution in [0.5, 0.6) is 0 Å². The second-order valence-corrected chi connectivity index (χ2v) is 7.82. The lowest BCUT2D eigenvalue weighted by atomic mass is 10.3. The van der Waals surface area contributed by atoms with Gasteiger partial charge < -0.3 is 9.30 Å². The number of nitro benzene ring substituents is 1. The molecule has 1 aromatic carbocycles. The minimum Gasteiger partial charge on any atom is -0.465 e. The molecule has 10 nitrogen and oxygen atoms in total. The molecule has 0 aliphatic heterocycles. The van der Waals surface area contributed by atoms with Crippen molar-refractivity contribution in [1.29, 1.82) is 0 Å². The number of non-ortho nitro benzene ring substituents is 1. The van der Waals surface area contributed by atoms with Crippen LogP contribution in [0.1, 0.15) is 43.0 Å². The van der Waals surface area contributed by atoms with Crippen molar-refractivity contribution in [3.63, 3.8) is 0 Å². The van der Waals surface area contributed by atoms with Gasteiger partial charge in [0.2, 0.25) is 0 Å². The van der Waals surface area contributed by atoms with E-state index in [9.17, 15) is 19.7 Å². The van der Waals surface area contributed by atoms with Crippen molar-refractivity contribution >= 4 is 39.1 Å². The van der Waals surface area contributed by atoms with Crippen LogP contribution in [-0.4, -0.2) is 37.8 Å². The summed E-state index contributed by atoms with van der Waals surface area (Å²) in [5, 5.41) is 15.4. The molecule has 0 unspecified atom stereocenters.